The van der Waals surface area contributed by atoms with Gasteiger partial charge in [-0.15, -0.1) is 10.2 Å². The number of pyridine rings is 1. The van der Waals surface area contributed by atoms with E-state index in [4.69, 9.17) is 0 Å². The summed E-state index contributed by atoms with van der Waals surface area (Å²) in [6.45, 7) is 3.86. The molecule has 1 saturated heterocycles. The summed E-state index contributed by atoms with van der Waals surface area (Å²) in [5, 5.41) is 11.7. The first kappa shape index (κ1) is 20.9. The number of nitrogens with zero attached hydrogens (tertiary/aromatic N) is 5. The molecule has 1 aliphatic rings. The monoisotopic (exact) mass is 536 g/mol. The zero-order chi connectivity index (χ0) is 21.1. The van der Waals surface area contributed by atoms with Crippen molar-refractivity contribution in [2.45, 2.75) is 11.8 Å². The number of nitrogens with one attached hydrogen (secondary N) is 1. The number of aryl methyl sites for hydroxylation is 1. The average Bonchev–Trinajstić information content (AvgIpc) is 2.75. The number of hydrogen-bond acceptors (Lipinski definition) is 7. The molecule has 0 saturated carbocycles. The number of hydrogen-bond donors (Lipinski definition) is 1. The van der Waals surface area contributed by atoms with Crippen LogP contribution in [0.2, 0.25) is 0 Å². The van der Waals surface area contributed by atoms with Crippen LogP contribution in [-0.2, 0) is 10.0 Å². The fraction of sp³-hybridized carbons (Fsp3) is 0.250. The fourth-order valence-corrected chi connectivity index (χ4v) is 5.00. The van der Waals surface area contributed by atoms with E-state index in [1.807, 2.05) is 42.2 Å². The number of piperazine rings is 1. The third-order valence-corrected chi connectivity index (χ3v) is 7.44. The molecule has 1 N–H and O–H groups in total. The minimum absolute atomic E-state index is 0.330. The summed E-state index contributed by atoms with van der Waals surface area (Å²) in [5.41, 5.74) is 0.919. The maximum Gasteiger partial charge on any atom is 0.243 e. The van der Waals surface area contributed by atoms with Gasteiger partial charge in [-0.2, -0.15) is 4.31 Å². The second kappa shape index (κ2) is 8.82. The molecule has 3 heterocycles. The van der Waals surface area contributed by atoms with Gasteiger partial charge in [-0.1, -0.05) is 6.07 Å². The van der Waals surface area contributed by atoms with Crippen molar-refractivity contribution in [2.24, 2.45) is 0 Å². The fourth-order valence-electron chi connectivity index (χ4n) is 3.22. The number of rotatable bonds is 5. The molecule has 0 atom stereocenters. The average molecular weight is 536 g/mol. The smallest absolute Gasteiger partial charge is 0.243 e. The highest BCUT2D eigenvalue weighted by Crippen LogP contribution is 2.21. The van der Waals surface area contributed by atoms with Gasteiger partial charge in [-0.05, 0) is 78.0 Å². The summed E-state index contributed by atoms with van der Waals surface area (Å²) < 4.78 is 28.2. The molecule has 156 valence electrons. The van der Waals surface area contributed by atoms with Crippen molar-refractivity contribution < 1.29 is 8.42 Å². The van der Waals surface area contributed by atoms with Gasteiger partial charge in [0.2, 0.25) is 10.0 Å². The molecule has 4 rings (SSSR count). The van der Waals surface area contributed by atoms with Crippen molar-refractivity contribution in [2.75, 3.05) is 36.4 Å². The molecule has 3 aromatic rings. The van der Waals surface area contributed by atoms with Crippen LogP contribution in [0.1, 0.15) is 5.69 Å². The Morgan fingerprint density at radius 2 is 1.63 bits per heavy atom. The predicted molar refractivity (Wildman–Crippen MR) is 124 cm³/mol. The summed E-state index contributed by atoms with van der Waals surface area (Å²) in [7, 11) is -3.48. The largest absolute Gasteiger partial charge is 0.352 e. The highest BCUT2D eigenvalue weighted by molar-refractivity contribution is 14.1. The van der Waals surface area contributed by atoms with Gasteiger partial charge in [0.05, 0.1) is 4.90 Å². The van der Waals surface area contributed by atoms with E-state index in [9.17, 15) is 8.42 Å². The lowest BCUT2D eigenvalue weighted by Crippen LogP contribution is -2.49. The maximum absolute atomic E-state index is 12.8. The molecule has 0 spiro atoms. The number of sulfonamides is 1. The SMILES string of the molecule is Cc1cccc(Nc2ccc(N3CCN(S(=O)(=O)c4ccc(I)cc4)CC3)nn2)n1. The van der Waals surface area contributed by atoms with Crippen molar-refractivity contribution in [1.82, 2.24) is 19.5 Å². The van der Waals surface area contributed by atoms with E-state index >= 15 is 0 Å². The molecule has 1 aliphatic heterocycles. The Hall–Kier alpha value is -2.31. The molecule has 1 aromatic carbocycles. The number of aromatic nitrogens is 3. The Balaban J connectivity index is 1.38. The Morgan fingerprint density at radius 3 is 2.27 bits per heavy atom. The Morgan fingerprint density at radius 1 is 0.900 bits per heavy atom. The van der Waals surface area contributed by atoms with Crippen molar-refractivity contribution >= 4 is 50.1 Å². The van der Waals surface area contributed by atoms with Gasteiger partial charge in [0.15, 0.2) is 11.6 Å². The van der Waals surface area contributed by atoms with Crippen molar-refractivity contribution in [1.29, 1.82) is 0 Å². The van der Waals surface area contributed by atoms with E-state index in [1.54, 1.807) is 24.3 Å². The van der Waals surface area contributed by atoms with Crippen LogP contribution >= 0.6 is 22.6 Å². The summed E-state index contributed by atoms with van der Waals surface area (Å²) in [4.78, 5) is 6.76. The van der Waals surface area contributed by atoms with E-state index in [2.05, 4.69) is 43.1 Å². The second-order valence-corrected chi connectivity index (χ2v) is 10.1. The molecular weight excluding hydrogens is 515 g/mol. The molecule has 30 heavy (non-hydrogen) atoms. The molecule has 10 heteroatoms. The molecule has 0 radical (unpaired) electrons. The zero-order valence-electron chi connectivity index (χ0n) is 16.4. The summed E-state index contributed by atoms with van der Waals surface area (Å²) >= 11 is 2.16. The van der Waals surface area contributed by atoms with Crippen LogP contribution < -0.4 is 10.2 Å². The molecule has 1 fully saturated rings. The third kappa shape index (κ3) is 4.71. The third-order valence-electron chi connectivity index (χ3n) is 4.81. The first-order chi connectivity index (χ1) is 14.4. The van der Waals surface area contributed by atoms with Crippen LogP contribution in [0.5, 0.6) is 0 Å². The molecule has 0 unspecified atom stereocenters. The lowest BCUT2D eigenvalue weighted by molar-refractivity contribution is 0.383. The van der Waals surface area contributed by atoms with Crippen LogP contribution in [0.25, 0.3) is 0 Å². The molecule has 0 bridgehead atoms. The highest BCUT2D eigenvalue weighted by atomic mass is 127. The molecule has 8 nitrogen and oxygen atoms in total. The lowest BCUT2D eigenvalue weighted by atomic mass is 10.3. The maximum atomic E-state index is 12.8. The van der Waals surface area contributed by atoms with Crippen LogP contribution in [0.15, 0.2) is 59.5 Å². The van der Waals surface area contributed by atoms with E-state index in [-0.39, 0.29) is 0 Å². The van der Waals surface area contributed by atoms with E-state index < -0.39 is 10.0 Å². The van der Waals surface area contributed by atoms with Crippen molar-refractivity contribution in [3.8, 4) is 0 Å². The van der Waals surface area contributed by atoms with Crippen molar-refractivity contribution in [3.05, 3.63) is 63.9 Å². The van der Waals surface area contributed by atoms with Crippen LogP contribution in [0.3, 0.4) is 0 Å². The minimum atomic E-state index is -3.48. The Bertz CT molecular complexity index is 1110. The van der Waals surface area contributed by atoms with Gasteiger partial charge in [-0.3, -0.25) is 0 Å². The molecule has 2 aromatic heterocycles. The van der Waals surface area contributed by atoms with Crippen LogP contribution in [0, 0.1) is 10.5 Å². The summed E-state index contributed by atoms with van der Waals surface area (Å²) in [5.74, 6) is 2.05. The molecule has 0 amide bonds. The zero-order valence-corrected chi connectivity index (χ0v) is 19.3. The van der Waals surface area contributed by atoms with E-state index in [0.717, 1.165) is 15.1 Å². The molecular formula is C20H21IN6O2S. The summed E-state index contributed by atoms with van der Waals surface area (Å²) in [6.07, 6.45) is 0. The van der Waals surface area contributed by atoms with Gasteiger partial charge in [0.25, 0.3) is 0 Å². The van der Waals surface area contributed by atoms with Gasteiger partial charge < -0.3 is 10.2 Å². The number of anilines is 3. The second-order valence-electron chi connectivity index (χ2n) is 6.91. The summed E-state index contributed by atoms with van der Waals surface area (Å²) in [6, 6.07) is 16.4. The van der Waals surface area contributed by atoms with Crippen LogP contribution in [0.4, 0.5) is 17.5 Å². The predicted octanol–water partition coefficient (Wildman–Crippen LogP) is 3.04. The minimum Gasteiger partial charge on any atom is -0.352 e. The Kier molecular flexibility index (Phi) is 6.16. The van der Waals surface area contributed by atoms with Gasteiger partial charge >= 0.3 is 0 Å². The normalized spacial score (nSPS) is 15.2. The van der Waals surface area contributed by atoms with Gasteiger partial charge in [0, 0.05) is 35.4 Å². The number of benzene rings is 1. The highest BCUT2D eigenvalue weighted by Gasteiger charge is 2.29. The standard InChI is InChI=1S/C20H21IN6O2S/c1-15-3-2-4-18(22-15)23-19-9-10-20(25-24-19)26-11-13-27(14-12-26)30(28,29)17-7-5-16(21)6-8-17/h2-10H,11-14H2,1H3,(H,22,23,24). The van der Waals surface area contributed by atoms with E-state index in [1.165, 1.54) is 4.31 Å². The van der Waals surface area contributed by atoms with Gasteiger partial charge in [-0.25, -0.2) is 13.4 Å². The van der Waals surface area contributed by atoms with Gasteiger partial charge in [0.1, 0.15) is 5.82 Å². The quantitative estimate of drug-likeness (QED) is 0.502. The van der Waals surface area contributed by atoms with E-state index in [0.29, 0.717) is 42.7 Å². The molecule has 0 aliphatic carbocycles. The first-order valence-corrected chi connectivity index (χ1v) is 12.0. The lowest BCUT2D eigenvalue weighted by Gasteiger charge is -2.34. The van der Waals surface area contributed by atoms with Crippen LogP contribution in [-0.4, -0.2) is 54.1 Å². The Labute approximate surface area is 189 Å². The first-order valence-electron chi connectivity index (χ1n) is 9.47. The number of halogens is 1. The topological polar surface area (TPSA) is 91.3 Å². The van der Waals surface area contributed by atoms with Crippen molar-refractivity contribution in [3.63, 3.8) is 0 Å².